The summed E-state index contributed by atoms with van der Waals surface area (Å²) >= 11 is 0. The van der Waals surface area contributed by atoms with Gasteiger partial charge < -0.3 is 5.73 Å². The van der Waals surface area contributed by atoms with Crippen LogP contribution in [0, 0.1) is 0 Å². The SMILES string of the molecule is CC1=CCC(CCN)=CC1. The smallest absolute Gasteiger partial charge is 0.00398 e. The number of rotatable bonds is 2. The van der Waals surface area contributed by atoms with Gasteiger partial charge in [0.15, 0.2) is 0 Å². The third-order valence-electron chi connectivity index (χ3n) is 1.89. The van der Waals surface area contributed by atoms with Crippen LogP contribution in [0.3, 0.4) is 0 Å². The lowest BCUT2D eigenvalue weighted by molar-refractivity contribution is 0.890. The van der Waals surface area contributed by atoms with Gasteiger partial charge >= 0.3 is 0 Å². The molecule has 1 heteroatoms. The molecule has 0 saturated heterocycles. The molecule has 0 aromatic heterocycles. The Morgan fingerprint density at radius 2 is 2.20 bits per heavy atom. The fourth-order valence-electron chi connectivity index (χ4n) is 1.17. The molecule has 0 unspecified atom stereocenters. The number of hydrogen-bond donors (Lipinski definition) is 1. The van der Waals surface area contributed by atoms with Gasteiger partial charge in [-0.05, 0) is 32.7 Å². The lowest BCUT2D eigenvalue weighted by Crippen LogP contribution is -2.01. The van der Waals surface area contributed by atoms with Gasteiger partial charge in [0, 0.05) is 0 Å². The Morgan fingerprint density at radius 3 is 2.70 bits per heavy atom. The molecule has 0 atom stereocenters. The van der Waals surface area contributed by atoms with Crippen LogP contribution >= 0.6 is 0 Å². The minimum atomic E-state index is 0.790. The van der Waals surface area contributed by atoms with Gasteiger partial charge in [-0.3, -0.25) is 0 Å². The molecular formula is C9H15N. The van der Waals surface area contributed by atoms with Crippen molar-refractivity contribution in [2.24, 2.45) is 5.73 Å². The van der Waals surface area contributed by atoms with E-state index in [1.807, 2.05) is 0 Å². The van der Waals surface area contributed by atoms with Gasteiger partial charge in [0.1, 0.15) is 0 Å². The molecule has 1 nitrogen and oxygen atoms in total. The lowest BCUT2D eigenvalue weighted by atomic mass is 9.98. The summed E-state index contributed by atoms with van der Waals surface area (Å²) in [5.74, 6) is 0. The molecule has 1 aliphatic carbocycles. The van der Waals surface area contributed by atoms with Crippen molar-refractivity contribution in [2.75, 3.05) is 6.54 Å². The summed E-state index contributed by atoms with van der Waals surface area (Å²) in [5.41, 5.74) is 8.43. The Bertz CT molecular complexity index is 166. The highest BCUT2D eigenvalue weighted by Gasteiger charge is 1.99. The van der Waals surface area contributed by atoms with E-state index in [-0.39, 0.29) is 0 Å². The molecule has 0 fully saturated rings. The second-order valence-electron chi connectivity index (χ2n) is 2.86. The summed E-state index contributed by atoms with van der Waals surface area (Å²) in [6, 6.07) is 0. The van der Waals surface area contributed by atoms with Crippen molar-refractivity contribution >= 4 is 0 Å². The molecule has 0 radical (unpaired) electrons. The molecule has 0 bridgehead atoms. The highest BCUT2D eigenvalue weighted by atomic mass is 14.5. The molecule has 0 aromatic carbocycles. The Labute approximate surface area is 62.6 Å². The van der Waals surface area contributed by atoms with E-state index >= 15 is 0 Å². The Hall–Kier alpha value is -0.560. The van der Waals surface area contributed by atoms with Crippen LogP contribution in [-0.2, 0) is 0 Å². The molecule has 0 amide bonds. The van der Waals surface area contributed by atoms with Crippen molar-refractivity contribution in [1.29, 1.82) is 0 Å². The van der Waals surface area contributed by atoms with E-state index in [0.29, 0.717) is 0 Å². The molecule has 0 aliphatic heterocycles. The van der Waals surface area contributed by atoms with Gasteiger partial charge in [0.05, 0.1) is 0 Å². The normalized spacial score (nSPS) is 18.2. The largest absolute Gasteiger partial charge is 0.330 e. The average molecular weight is 137 g/mol. The summed E-state index contributed by atoms with van der Waals surface area (Å²) in [5, 5.41) is 0. The van der Waals surface area contributed by atoms with Gasteiger partial charge in [-0.25, -0.2) is 0 Å². The molecule has 1 aliphatic rings. The highest BCUT2D eigenvalue weighted by Crippen LogP contribution is 2.18. The van der Waals surface area contributed by atoms with Gasteiger partial charge in [0.25, 0.3) is 0 Å². The van der Waals surface area contributed by atoms with Crippen molar-refractivity contribution < 1.29 is 0 Å². The van der Waals surface area contributed by atoms with Crippen molar-refractivity contribution in [3.05, 3.63) is 23.3 Å². The fraction of sp³-hybridized carbons (Fsp3) is 0.556. The molecular weight excluding hydrogens is 122 g/mol. The minimum Gasteiger partial charge on any atom is -0.330 e. The van der Waals surface area contributed by atoms with E-state index in [1.54, 1.807) is 0 Å². The van der Waals surface area contributed by atoms with Crippen LogP contribution in [-0.4, -0.2) is 6.54 Å². The van der Waals surface area contributed by atoms with Gasteiger partial charge in [-0.15, -0.1) is 0 Å². The summed E-state index contributed by atoms with van der Waals surface area (Å²) in [6.07, 6.45) is 7.94. The summed E-state index contributed by atoms with van der Waals surface area (Å²) in [7, 11) is 0. The van der Waals surface area contributed by atoms with Gasteiger partial charge in [-0.2, -0.15) is 0 Å². The summed E-state index contributed by atoms with van der Waals surface area (Å²) < 4.78 is 0. The monoisotopic (exact) mass is 137 g/mol. The van der Waals surface area contributed by atoms with E-state index in [0.717, 1.165) is 25.8 Å². The van der Waals surface area contributed by atoms with E-state index < -0.39 is 0 Å². The van der Waals surface area contributed by atoms with Crippen LogP contribution < -0.4 is 5.73 Å². The molecule has 56 valence electrons. The third kappa shape index (κ3) is 1.99. The first-order valence-electron chi connectivity index (χ1n) is 3.86. The number of allylic oxidation sites excluding steroid dienone is 3. The van der Waals surface area contributed by atoms with E-state index in [4.69, 9.17) is 5.73 Å². The van der Waals surface area contributed by atoms with Crippen LogP contribution in [0.4, 0.5) is 0 Å². The Balaban J connectivity index is 2.38. The van der Waals surface area contributed by atoms with Crippen LogP contribution in [0.2, 0.25) is 0 Å². The zero-order chi connectivity index (χ0) is 7.40. The minimum absolute atomic E-state index is 0.790. The van der Waals surface area contributed by atoms with Crippen molar-refractivity contribution in [3.8, 4) is 0 Å². The number of nitrogens with two attached hydrogens (primary N) is 1. The molecule has 0 saturated carbocycles. The molecule has 0 spiro atoms. The van der Waals surface area contributed by atoms with Crippen molar-refractivity contribution in [1.82, 2.24) is 0 Å². The van der Waals surface area contributed by atoms with E-state index in [9.17, 15) is 0 Å². The average Bonchev–Trinajstić information content (AvgIpc) is 1.95. The summed E-state index contributed by atoms with van der Waals surface area (Å²) in [4.78, 5) is 0. The molecule has 0 aromatic rings. The molecule has 2 N–H and O–H groups in total. The third-order valence-corrected chi connectivity index (χ3v) is 1.89. The zero-order valence-corrected chi connectivity index (χ0v) is 6.56. The maximum atomic E-state index is 5.43. The molecule has 0 heterocycles. The Morgan fingerprint density at radius 1 is 1.40 bits per heavy atom. The molecule has 10 heavy (non-hydrogen) atoms. The number of hydrogen-bond acceptors (Lipinski definition) is 1. The van der Waals surface area contributed by atoms with E-state index in [1.165, 1.54) is 11.1 Å². The second kappa shape index (κ2) is 3.57. The zero-order valence-electron chi connectivity index (χ0n) is 6.56. The predicted octanol–water partition coefficient (Wildman–Crippen LogP) is 2.00. The lowest BCUT2D eigenvalue weighted by Gasteiger charge is -2.09. The van der Waals surface area contributed by atoms with Crippen molar-refractivity contribution in [3.63, 3.8) is 0 Å². The van der Waals surface area contributed by atoms with Gasteiger partial charge in [0.2, 0.25) is 0 Å². The van der Waals surface area contributed by atoms with Crippen LogP contribution in [0.5, 0.6) is 0 Å². The predicted molar refractivity (Wildman–Crippen MR) is 44.7 cm³/mol. The van der Waals surface area contributed by atoms with Crippen molar-refractivity contribution in [2.45, 2.75) is 26.2 Å². The standard InChI is InChI=1S/C9H15N/c1-8-2-4-9(5-3-8)6-7-10/h2,5H,3-4,6-7,10H2,1H3. The highest BCUT2D eigenvalue weighted by molar-refractivity contribution is 5.20. The first-order chi connectivity index (χ1) is 4.83. The molecule has 1 rings (SSSR count). The van der Waals surface area contributed by atoms with Gasteiger partial charge in [-0.1, -0.05) is 23.3 Å². The second-order valence-corrected chi connectivity index (χ2v) is 2.86. The van der Waals surface area contributed by atoms with Crippen LogP contribution in [0.1, 0.15) is 26.2 Å². The maximum absolute atomic E-state index is 5.43. The fourth-order valence-corrected chi connectivity index (χ4v) is 1.17. The van der Waals surface area contributed by atoms with Crippen LogP contribution in [0.15, 0.2) is 23.3 Å². The first-order valence-corrected chi connectivity index (χ1v) is 3.86. The summed E-state index contributed by atoms with van der Waals surface area (Å²) in [6.45, 7) is 2.97. The Kier molecular flexibility index (Phi) is 2.69. The first kappa shape index (κ1) is 7.55. The van der Waals surface area contributed by atoms with Crippen LogP contribution in [0.25, 0.3) is 0 Å². The maximum Gasteiger partial charge on any atom is -0.00398 e. The topological polar surface area (TPSA) is 26.0 Å². The quantitative estimate of drug-likeness (QED) is 0.579. The van der Waals surface area contributed by atoms with E-state index in [2.05, 4.69) is 19.1 Å².